The summed E-state index contributed by atoms with van der Waals surface area (Å²) in [6.07, 6.45) is 4.56. The molecule has 0 bridgehead atoms. The summed E-state index contributed by atoms with van der Waals surface area (Å²) in [6.45, 7) is 2.04. The van der Waals surface area contributed by atoms with Crippen LogP contribution in [0.4, 0.5) is 0 Å². The average Bonchev–Trinajstić information content (AvgIpc) is 2.35. The third-order valence-electron chi connectivity index (χ3n) is 3.75. The van der Waals surface area contributed by atoms with E-state index in [9.17, 15) is 4.79 Å². The zero-order valence-electron chi connectivity index (χ0n) is 11.0. The van der Waals surface area contributed by atoms with Crippen LogP contribution in [0.3, 0.4) is 0 Å². The Morgan fingerprint density at radius 3 is 2.61 bits per heavy atom. The van der Waals surface area contributed by atoms with E-state index in [1.807, 2.05) is 31.2 Å². The Balaban J connectivity index is 1.84. The first-order valence-corrected chi connectivity index (χ1v) is 6.74. The van der Waals surface area contributed by atoms with Crippen molar-refractivity contribution < 1.29 is 4.79 Å². The summed E-state index contributed by atoms with van der Waals surface area (Å²) >= 11 is 0. The Morgan fingerprint density at radius 1 is 1.28 bits per heavy atom. The van der Waals surface area contributed by atoms with Crippen LogP contribution in [-0.2, 0) is 11.2 Å². The van der Waals surface area contributed by atoms with E-state index in [1.165, 1.54) is 5.56 Å². The van der Waals surface area contributed by atoms with Crippen molar-refractivity contribution in [2.24, 2.45) is 5.73 Å². The molecule has 1 aliphatic rings. The van der Waals surface area contributed by atoms with Crippen molar-refractivity contribution in [3.63, 3.8) is 0 Å². The largest absolute Gasteiger partial charge is 0.353 e. The lowest BCUT2D eigenvalue weighted by atomic mass is 9.91. The van der Waals surface area contributed by atoms with Crippen LogP contribution in [0, 0.1) is 6.92 Å². The summed E-state index contributed by atoms with van der Waals surface area (Å²) in [6, 6.07) is 8.69. The van der Waals surface area contributed by atoms with E-state index in [-0.39, 0.29) is 5.91 Å². The highest BCUT2D eigenvalue weighted by atomic mass is 16.1. The average molecular weight is 246 g/mol. The fourth-order valence-corrected chi connectivity index (χ4v) is 2.52. The van der Waals surface area contributed by atoms with Gasteiger partial charge in [0.15, 0.2) is 0 Å². The number of carbonyl (C=O) groups is 1. The zero-order chi connectivity index (χ0) is 13.0. The predicted molar refractivity (Wildman–Crippen MR) is 73.3 cm³/mol. The number of nitrogens with one attached hydrogen (secondary N) is 1. The van der Waals surface area contributed by atoms with Crippen LogP contribution in [0.5, 0.6) is 0 Å². The first-order chi connectivity index (χ1) is 8.65. The molecule has 3 heteroatoms. The molecule has 1 saturated carbocycles. The summed E-state index contributed by atoms with van der Waals surface area (Å²) in [5.74, 6) is 0.129. The number of amides is 1. The van der Waals surface area contributed by atoms with Gasteiger partial charge in [0.1, 0.15) is 0 Å². The molecule has 3 N–H and O–H groups in total. The van der Waals surface area contributed by atoms with Gasteiger partial charge in [-0.1, -0.05) is 24.3 Å². The second-order valence-electron chi connectivity index (χ2n) is 5.28. The molecule has 98 valence electrons. The van der Waals surface area contributed by atoms with Crippen molar-refractivity contribution in [3.8, 4) is 0 Å². The van der Waals surface area contributed by atoms with Crippen LogP contribution in [0.1, 0.15) is 36.8 Å². The summed E-state index contributed by atoms with van der Waals surface area (Å²) in [5.41, 5.74) is 8.15. The maximum atomic E-state index is 12.0. The number of benzene rings is 1. The SMILES string of the molecule is Cc1ccccc1CC(=O)NC1CCC(N)CC1. The Kier molecular flexibility index (Phi) is 4.37. The number of carbonyl (C=O) groups excluding carboxylic acids is 1. The molecule has 2 rings (SSSR count). The van der Waals surface area contributed by atoms with E-state index in [2.05, 4.69) is 5.32 Å². The second kappa shape index (κ2) is 6.01. The first-order valence-electron chi connectivity index (χ1n) is 6.74. The number of nitrogens with two attached hydrogens (primary N) is 1. The van der Waals surface area contributed by atoms with Gasteiger partial charge in [-0.3, -0.25) is 4.79 Å². The van der Waals surface area contributed by atoms with Crippen molar-refractivity contribution in [1.29, 1.82) is 0 Å². The van der Waals surface area contributed by atoms with Crippen LogP contribution in [0.2, 0.25) is 0 Å². The summed E-state index contributed by atoms with van der Waals surface area (Å²) in [5, 5.41) is 3.12. The molecule has 0 aliphatic heterocycles. The van der Waals surface area contributed by atoms with Crippen molar-refractivity contribution in [3.05, 3.63) is 35.4 Å². The molecule has 0 heterocycles. The Hall–Kier alpha value is -1.35. The van der Waals surface area contributed by atoms with Gasteiger partial charge < -0.3 is 11.1 Å². The highest BCUT2D eigenvalue weighted by molar-refractivity contribution is 5.79. The second-order valence-corrected chi connectivity index (χ2v) is 5.28. The Labute approximate surface area is 109 Å². The molecule has 1 aromatic rings. The highest BCUT2D eigenvalue weighted by Crippen LogP contribution is 2.17. The van der Waals surface area contributed by atoms with Crippen LogP contribution in [-0.4, -0.2) is 18.0 Å². The van der Waals surface area contributed by atoms with E-state index in [0.717, 1.165) is 31.2 Å². The molecule has 1 fully saturated rings. The molecule has 3 nitrogen and oxygen atoms in total. The van der Waals surface area contributed by atoms with Crippen LogP contribution < -0.4 is 11.1 Å². The monoisotopic (exact) mass is 246 g/mol. The molecule has 0 radical (unpaired) electrons. The minimum atomic E-state index is 0.129. The van der Waals surface area contributed by atoms with Gasteiger partial charge in [-0.25, -0.2) is 0 Å². The molecule has 18 heavy (non-hydrogen) atoms. The van der Waals surface area contributed by atoms with Gasteiger partial charge in [0.25, 0.3) is 0 Å². The molecule has 0 spiro atoms. The first kappa shape index (κ1) is 13.1. The normalized spacial score (nSPS) is 23.7. The maximum Gasteiger partial charge on any atom is 0.224 e. The Morgan fingerprint density at radius 2 is 1.94 bits per heavy atom. The van der Waals surface area contributed by atoms with E-state index < -0.39 is 0 Å². The Bertz CT molecular complexity index is 409. The number of rotatable bonds is 3. The minimum Gasteiger partial charge on any atom is -0.353 e. The lowest BCUT2D eigenvalue weighted by molar-refractivity contribution is -0.121. The van der Waals surface area contributed by atoms with Crippen LogP contribution >= 0.6 is 0 Å². The molecule has 0 aromatic heterocycles. The molecule has 0 saturated heterocycles. The zero-order valence-corrected chi connectivity index (χ0v) is 11.0. The lowest BCUT2D eigenvalue weighted by Crippen LogP contribution is -2.41. The topological polar surface area (TPSA) is 55.1 Å². The summed E-state index contributed by atoms with van der Waals surface area (Å²) in [7, 11) is 0. The maximum absolute atomic E-state index is 12.0. The van der Waals surface area contributed by atoms with Crippen molar-refractivity contribution >= 4 is 5.91 Å². The van der Waals surface area contributed by atoms with Gasteiger partial charge in [-0.2, -0.15) is 0 Å². The predicted octanol–water partition coefficient (Wildman–Crippen LogP) is 1.92. The van der Waals surface area contributed by atoms with Crippen molar-refractivity contribution in [1.82, 2.24) is 5.32 Å². The molecular weight excluding hydrogens is 224 g/mol. The molecule has 0 unspecified atom stereocenters. The number of aryl methyl sites for hydroxylation is 1. The summed E-state index contributed by atoms with van der Waals surface area (Å²) < 4.78 is 0. The fraction of sp³-hybridized carbons (Fsp3) is 0.533. The standard InChI is InChI=1S/C15H22N2O/c1-11-4-2-3-5-12(11)10-15(18)17-14-8-6-13(16)7-9-14/h2-5,13-14H,6-10,16H2,1H3,(H,17,18). The third-order valence-corrected chi connectivity index (χ3v) is 3.75. The molecule has 1 aliphatic carbocycles. The van der Waals surface area contributed by atoms with Gasteiger partial charge in [-0.15, -0.1) is 0 Å². The lowest BCUT2D eigenvalue weighted by Gasteiger charge is -2.26. The number of hydrogen-bond donors (Lipinski definition) is 2. The molecule has 0 atom stereocenters. The van der Waals surface area contributed by atoms with Gasteiger partial charge in [-0.05, 0) is 43.7 Å². The fourth-order valence-electron chi connectivity index (χ4n) is 2.52. The minimum absolute atomic E-state index is 0.129. The molecular formula is C15H22N2O. The van der Waals surface area contributed by atoms with E-state index >= 15 is 0 Å². The molecule has 1 amide bonds. The number of hydrogen-bond acceptors (Lipinski definition) is 2. The van der Waals surface area contributed by atoms with Gasteiger partial charge in [0.05, 0.1) is 6.42 Å². The van der Waals surface area contributed by atoms with Gasteiger partial charge in [0, 0.05) is 12.1 Å². The van der Waals surface area contributed by atoms with E-state index in [1.54, 1.807) is 0 Å². The van der Waals surface area contributed by atoms with E-state index in [4.69, 9.17) is 5.73 Å². The van der Waals surface area contributed by atoms with Gasteiger partial charge >= 0.3 is 0 Å². The van der Waals surface area contributed by atoms with Crippen LogP contribution in [0.15, 0.2) is 24.3 Å². The quantitative estimate of drug-likeness (QED) is 0.856. The highest BCUT2D eigenvalue weighted by Gasteiger charge is 2.20. The molecule has 1 aromatic carbocycles. The van der Waals surface area contributed by atoms with Crippen LogP contribution in [0.25, 0.3) is 0 Å². The van der Waals surface area contributed by atoms with Crippen molar-refractivity contribution in [2.75, 3.05) is 0 Å². The van der Waals surface area contributed by atoms with E-state index in [0.29, 0.717) is 18.5 Å². The summed E-state index contributed by atoms with van der Waals surface area (Å²) in [4.78, 5) is 12.0. The third kappa shape index (κ3) is 3.57. The smallest absolute Gasteiger partial charge is 0.224 e. The van der Waals surface area contributed by atoms with Crippen molar-refractivity contribution in [2.45, 2.75) is 51.1 Å². The van der Waals surface area contributed by atoms with Gasteiger partial charge in [0.2, 0.25) is 5.91 Å².